The molecule has 1 N–H and O–H groups in total. The number of nitrogens with zero attached hydrogens (tertiary/aromatic N) is 2. The lowest BCUT2D eigenvalue weighted by Crippen LogP contribution is -2.49. The molecule has 0 amide bonds. The molecule has 0 saturated heterocycles. The second-order valence-electron chi connectivity index (χ2n) is 9.97. The van der Waals surface area contributed by atoms with E-state index in [1.807, 2.05) is 6.92 Å². The Kier molecular flexibility index (Phi) is 8.26. The lowest BCUT2D eigenvalue weighted by atomic mass is 10.0. The predicted molar refractivity (Wildman–Crippen MR) is 127 cm³/mol. The standard InChI is InChI=1S/C25H38N2O4S/c1-18(2)7-6-8-21-11-12-25-23(13-21)31-24(16-26(5)15-22-9-10-22)19(3)14-27(20(4)17-28)32(25,29)30/h11-13,18-20,22,24,28H,7,9-10,14-17H2,1-5H3/t19-,20-,24-/m1/s1. The molecule has 0 aromatic heterocycles. The fourth-order valence-corrected chi connectivity index (χ4v) is 5.83. The summed E-state index contributed by atoms with van der Waals surface area (Å²) in [4.78, 5) is 2.44. The van der Waals surface area contributed by atoms with Gasteiger partial charge in [-0.3, -0.25) is 0 Å². The van der Waals surface area contributed by atoms with Crippen LogP contribution in [0, 0.1) is 29.6 Å². The van der Waals surface area contributed by atoms with E-state index in [-0.39, 0.29) is 23.5 Å². The first-order chi connectivity index (χ1) is 15.1. The van der Waals surface area contributed by atoms with E-state index in [0.717, 1.165) is 31.0 Å². The average molecular weight is 463 g/mol. The molecule has 7 heteroatoms. The molecular weight excluding hydrogens is 424 g/mol. The van der Waals surface area contributed by atoms with Gasteiger partial charge in [-0.1, -0.05) is 32.6 Å². The molecule has 3 atom stereocenters. The number of hydrogen-bond donors (Lipinski definition) is 1. The van der Waals surface area contributed by atoms with Gasteiger partial charge in [0.2, 0.25) is 10.0 Å². The first-order valence-corrected chi connectivity index (χ1v) is 13.2. The number of likely N-dealkylation sites (N-methyl/N-ethyl adjacent to an activating group) is 1. The van der Waals surface area contributed by atoms with Crippen molar-refractivity contribution in [2.45, 2.75) is 64.0 Å². The number of ether oxygens (including phenoxy) is 1. The summed E-state index contributed by atoms with van der Waals surface area (Å²) in [5, 5.41) is 9.76. The molecule has 1 fully saturated rings. The Labute approximate surface area is 194 Å². The van der Waals surface area contributed by atoms with Gasteiger partial charge in [-0.15, -0.1) is 0 Å². The Balaban J connectivity index is 1.98. The van der Waals surface area contributed by atoms with Crippen molar-refractivity contribution >= 4 is 10.0 Å². The molecule has 1 heterocycles. The van der Waals surface area contributed by atoms with E-state index in [4.69, 9.17) is 4.74 Å². The zero-order chi connectivity index (χ0) is 23.5. The summed E-state index contributed by atoms with van der Waals surface area (Å²) >= 11 is 0. The van der Waals surface area contributed by atoms with E-state index in [0.29, 0.717) is 18.2 Å². The molecule has 6 nitrogen and oxygen atoms in total. The smallest absolute Gasteiger partial charge is 0.247 e. The average Bonchev–Trinajstić information content (AvgIpc) is 3.53. The first-order valence-electron chi connectivity index (χ1n) is 11.7. The Morgan fingerprint density at radius 2 is 1.97 bits per heavy atom. The number of benzene rings is 1. The molecule has 0 bridgehead atoms. The third kappa shape index (κ3) is 6.26. The number of rotatable bonds is 7. The molecule has 32 heavy (non-hydrogen) atoms. The first kappa shape index (κ1) is 25.0. The van der Waals surface area contributed by atoms with Crippen molar-refractivity contribution in [2.75, 3.05) is 33.3 Å². The molecular formula is C25H38N2O4S. The second kappa shape index (κ2) is 10.6. The van der Waals surface area contributed by atoms with Gasteiger partial charge in [0.25, 0.3) is 0 Å². The lowest BCUT2D eigenvalue weighted by Gasteiger charge is -2.37. The molecule has 1 saturated carbocycles. The Bertz CT molecular complexity index is 946. The summed E-state index contributed by atoms with van der Waals surface area (Å²) in [7, 11) is -1.71. The monoisotopic (exact) mass is 462 g/mol. The van der Waals surface area contributed by atoms with Crippen molar-refractivity contribution in [2.24, 2.45) is 17.8 Å². The summed E-state index contributed by atoms with van der Waals surface area (Å²) < 4.78 is 34.9. The maximum Gasteiger partial charge on any atom is 0.247 e. The van der Waals surface area contributed by atoms with Crippen LogP contribution in [0.25, 0.3) is 0 Å². The highest BCUT2D eigenvalue weighted by Crippen LogP contribution is 2.35. The largest absolute Gasteiger partial charge is 0.487 e. The minimum atomic E-state index is -3.81. The molecule has 1 aliphatic heterocycles. The van der Waals surface area contributed by atoms with Crippen LogP contribution in [0.4, 0.5) is 0 Å². The van der Waals surface area contributed by atoms with Crippen molar-refractivity contribution in [3.8, 4) is 17.6 Å². The highest BCUT2D eigenvalue weighted by atomic mass is 32.2. The maximum absolute atomic E-state index is 13.5. The van der Waals surface area contributed by atoms with E-state index in [1.165, 1.54) is 17.1 Å². The van der Waals surface area contributed by atoms with Gasteiger partial charge in [-0.2, -0.15) is 4.31 Å². The van der Waals surface area contributed by atoms with Gasteiger partial charge >= 0.3 is 0 Å². The molecule has 1 aliphatic carbocycles. The topological polar surface area (TPSA) is 70.1 Å². The predicted octanol–water partition coefficient (Wildman–Crippen LogP) is 3.19. The number of sulfonamides is 1. The van der Waals surface area contributed by atoms with Gasteiger partial charge in [0.15, 0.2) is 0 Å². The molecule has 1 aromatic carbocycles. The van der Waals surface area contributed by atoms with Gasteiger partial charge in [-0.25, -0.2) is 8.42 Å². The molecule has 3 rings (SSSR count). The zero-order valence-electron chi connectivity index (χ0n) is 20.0. The van der Waals surface area contributed by atoms with Crippen LogP contribution in [0.2, 0.25) is 0 Å². The Hall–Kier alpha value is -1.59. The molecule has 178 valence electrons. The van der Waals surface area contributed by atoms with Crippen molar-refractivity contribution in [3.63, 3.8) is 0 Å². The van der Waals surface area contributed by atoms with Crippen LogP contribution in [0.15, 0.2) is 23.1 Å². The fraction of sp³-hybridized carbons (Fsp3) is 0.680. The lowest BCUT2D eigenvalue weighted by molar-refractivity contribution is 0.0740. The summed E-state index contributed by atoms with van der Waals surface area (Å²) in [6.07, 6.45) is 3.18. The molecule has 0 unspecified atom stereocenters. The van der Waals surface area contributed by atoms with Crippen LogP contribution in [0.1, 0.15) is 52.5 Å². The van der Waals surface area contributed by atoms with E-state index in [9.17, 15) is 13.5 Å². The summed E-state index contributed by atoms with van der Waals surface area (Å²) in [6.45, 7) is 9.84. The van der Waals surface area contributed by atoms with Crippen molar-refractivity contribution in [1.29, 1.82) is 0 Å². The highest BCUT2D eigenvalue weighted by Gasteiger charge is 2.38. The number of fused-ring (bicyclic) bond motifs is 1. The minimum Gasteiger partial charge on any atom is -0.487 e. The van der Waals surface area contributed by atoms with Crippen molar-refractivity contribution in [3.05, 3.63) is 23.8 Å². The third-order valence-corrected chi connectivity index (χ3v) is 8.19. The van der Waals surface area contributed by atoms with Crippen LogP contribution in [0.3, 0.4) is 0 Å². The number of aliphatic hydroxyl groups excluding tert-OH is 1. The summed E-state index contributed by atoms with van der Waals surface area (Å²) in [5.41, 5.74) is 0.750. The zero-order valence-corrected chi connectivity index (χ0v) is 20.9. The maximum atomic E-state index is 13.5. The van der Waals surface area contributed by atoms with Crippen LogP contribution in [0.5, 0.6) is 5.75 Å². The minimum absolute atomic E-state index is 0.0377. The highest BCUT2D eigenvalue weighted by molar-refractivity contribution is 7.89. The van der Waals surface area contributed by atoms with Crippen LogP contribution < -0.4 is 4.74 Å². The SMILES string of the molecule is CC(C)CC#Cc1ccc2c(c1)O[C@H](CN(C)CC1CC1)[C@H](C)CN([C@H](C)CO)S2(=O)=O. The van der Waals surface area contributed by atoms with Crippen LogP contribution >= 0.6 is 0 Å². The number of hydrogen-bond acceptors (Lipinski definition) is 5. The normalized spacial score (nSPS) is 24.1. The van der Waals surface area contributed by atoms with E-state index in [1.54, 1.807) is 25.1 Å². The number of aliphatic hydroxyl groups is 1. The van der Waals surface area contributed by atoms with Crippen LogP contribution in [-0.2, 0) is 10.0 Å². The molecule has 2 aliphatic rings. The van der Waals surface area contributed by atoms with Gasteiger partial charge in [0, 0.05) is 43.6 Å². The fourth-order valence-electron chi connectivity index (χ4n) is 4.00. The van der Waals surface area contributed by atoms with Gasteiger partial charge in [-0.05, 0) is 56.8 Å². The second-order valence-corrected chi connectivity index (χ2v) is 11.8. The molecule has 0 radical (unpaired) electrons. The summed E-state index contributed by atoms with van der Waals surface area (Å²) in [5.74, 6) is 7.88. The van der Waals surface area contributed by atoms with Gasteiger partial charge < -0.3 is 14.7 Å². The molecule has 0 spiro atoms. The van der Waals surface area contributed by atoms with E-state index in [2.05, 4.69) is 37.6 Å². The van der Waals surface area contributed by atoms with Gasteiger partial charge in [0.05, 0.1) is 6.61 Å². The summed E-state index contributed by atoms with van der Waals surface area (Å²) in [6, 6.07) is 4.59. The Morgan fingerprint density at radius 3 is 2.59 bits per heavy atom. The van der Waals surface area contributed by atoms with Crippen molar-refractivity contribution in [1.82, 2.24) is 9.21 Å². The van der Waals surface area contributed by atoms with Gasteiger partial charge in [0.1, 0.15) is 16.7 Å². The quantitative estimate of drug-likeness (QED) is 0.630. The van der Waals surface area contributed by atoms with Crippen LogP contribution in [-0.4, -0.2) is 68.2 Å². The molecule has 1 aromatic rings. The Morgan fingerprint density at radius 1 is 1.25 bits per heavy atom. The van der Waals surface area contributed by atoms with E-state index >= 15 is 0 Å². The van der Waals surface area contributed by atoms with Crippen molar-refractivity contribution < 1.29 is 18.3 Å². The van der Waals surface area contributed by atoms with E-state index < -0.39 is 16.1 Å². The third-order valence-electron chi connectivity index (χ3n) is 6.17.